The van der Waals surface area contributed by atoms with Gasteiger partial charge in [0.05, 0.1) is 6.04 Å². The lowest BCUT2D eigenvalue weighted by Crippen LogP contribution is -2.62. The minimum Gasteiger partial charge on any atom is -0.408 e. The smallest absolute Gasteiger partial charge is 0.286 e. The molecule has 36 heavy (non-hydrogen) atoms. The van der Waals surface area contributed by atoms with Crippen molar-refractivity contribution in [2.45, 2.75) is 101 Å². The Bertz CT molecular complexity index is 875. The second-order valence-corrected chi connectivity index (χ2v) is 12.1. The number of carbonyl (C=O) groups is 3. The highest BCUT2D eigenvalue weighted by molar-refractivity contribution is 7.99. The number of Topliss-reactive ketones (excluding diaryl/α,β-unsaturated/α-hetero) is 1. The standard InChI is InChI=1S/C26H43N5O4S/c1-18(2)17-20(21(32)23-29-30-25(35-23)36-16-15-31(3)4)27-24(34)26(13-9-6-10-14-26)28-22(33)19-11-7-5-8-12-19/h18-20H,5-17H2,1-4H3,(H,27,34)(H,28,33). The molecule has 1 atom stereocenters. The number of hydrogen-bond donors (Lipinski definition) is 2. The predicted molar refractivity (Wildman–Crippen MR) is 140 cm³/mol. The van der Waals surface area contributed by atoms with Crippen molar-refractivity contribution < 1.29 is 18.8 Å². The molecule has 1 unspecified atom stereocenters. The van der Waals surface area contributed by atoms with Gasteiger partial charge in [-0.25, -0.2) is 0 Å². The second kappa shape index (κ2) is 13.6. The van der Waals surface area contributed by atoms with Gasteiger partial charge in [-0.05, 0) is 52.1 Å². The van der Waals surface area contributed by atoms with Crippen LogP contribution < -0.4 is 10.6 Å². The van der Waals surface area contributed by atoms with E-state index in [-0.39, 0.29) is 35.3 Å². The molecule has 2 aliphatic carbocycles. The van der Waals surface area contributed by atoms with Gasteiger partial charge in [-0.3, -0.25) is 14.4 Å². The van der Waals surface area contributed by atoms with Gasteiger partial charge >= 0.3 is 0 Å². The third-order valence-corrected chi connectivity index (χ3v) is 7.99. The molecule has 3 rings (SSSR count). The summed E-state index contributed by atoms with van der Waals surface area (Å²) in [6, 6.07) is -0.789. The van der Waals surface area contributed by atoms with Crippen molar-refractivity contribution in [2.24, 2.45) is 11.8 Å². The molecular weight excluding hydrogens is 478 g/mol. The fourth-order valence-electron chi connectivity index (χ4n) is 5.10. The van der Waals surface area contributed by atoms with E-state index < -0.39 is 11.6 Å². The molecule has 202 valence electrons. The molecule has 0 aliphatic heterocycles. The first-order valence-electron chi connectivity index (χ1n) is 13.5. The summed E-state index contributed by atoms with van der Waals surface area (Å²) in [4.78, 5) is 42.3. The van der Waals surface area contributed by atoms with E-state index in [0.29, 0.717) is 24.5 Å². The Morgan fingerprint density at radius 2 is 1.72 bits per heavy atom. The Hall–Kier alpha value is -1.94. The molecule has 2 N–H and O–H groups in total. The molecular formula is C26H43N5O4S. The van der Waals surface area contributed by atoms with Gasteiger partial charge in [0.1, 0.15) is 5.54 Å². The minimum absolute atomic E-state index is 0.0187. The van der Waals surface area contributed by atoms with Gasteiger partial charge in [0, 0.05) is 18.2 Å². The number of nitrogens with one attached hydrogen (secondary N) is 2. The lowest BCUT2D eigenvalue weighted by atomic mass is 9.79. The predicted octanol–water partition coefficient (Wildman–Crippen LogP) is 3.84. The molecule has 0 bridgehead atoms. The van der Waals surface area contributed by atoms with Crippen molar-refractivity contribution in [1.29, 1.82) is 0 Å². The molecule has 1 aromatic heterocycles. The van der Waals surface area contributed by atoms with E-state index in [2.05, 4.69) is 25.7 Å². The van der Waals surface area contributed by atoms with E-state index in [0.717, 1.165) is 57.2 Å². The Labute approximate surface area is 219 Å². The Morgan fingerprint density at radius 1 is 1.06 bits per heavy atom. The van der Waals surface area contributed by atoms with Crippen molar-refractivity contribution >= 4 is 29.4 Å². The van der Waals surface area contributed by atoms with Crippen molar-refractivity contribution in [3.63, 3.8) is 0 Å². The van der Waals surface area contributed by atoms with Gasteiger partial charge in [0.15, 0.2) is 0 Å². The maximum absolute atomic E-state index is 13.7. The van der Waals surface area contributed by atoms with Crippen molar-refractivity contribution in [2.75, 3.05) is 26.4 Å². The van der Waals surface area contributed by atoms with Crippen LogP contribution in [0.4, 0.5) is 0 Å². The number of amides is 2. The Morgan fingerprint density at radius 3 is 2.36 bits per heavy atom. The van der Waals surface area contributed by atoms with E-state index in [9.17, 15) is 14.4 Å². The quantitative estimate of drug-likeness (QED) is 0.315. The van der Waals surface area contributed by atoms with E-state index in [1.807, 2.05) is 27.9 Å². The lowest BCUT2D eigenvalue weighted by molar-refractivity contribution is -0.137. The van der Waals surface area contributed by atoms with Gasteiger partial charge in [0.25, 0.3) is 11.1 Å². The molecule has 1 aromatic rings. The molecule has 2 aliphatic rings. The van der Waals surface area contributed by atoms with Crippen molar-refractivity contribution in [3.05, 3.63) is 5.89 Å². The third kappa shape index (κ3) is 8.03. The average Bonchev–Trinajstić information content (AvgIpc) is 3.32. The average molecular weight is 522 g/mol. The lowest BCUT2D eigenvalue weighted by Gasteiger charge is -2.39. The van der Waals surface area contributed by atoms with Crippen LogP contribution in [0, 0.1) is 11.8 Å². The molecule has 0 spiro atoms. The summed E-state index contributed by atoms with van der Waals surface area (Å²) in [6.45, 7) is 4.85. The number of thioether (sulfide) groups is 1. The zero-order valence-corrected chi connectivity index (χ0v) is 23.1. The third-order valence-electron chi connectivity index (χ3n) is 7.19. The van der Waals surface area contributed by atoms with Gasteiger partial charge in [-0.1, -0.05) is 64.1 Å². The maximum atomic E-state index is 13.7. The zero-order chi connectivity index (χ0) is 26.1. The van der Waals surface area contributed by atoms with E-state index in [1.165, 1.54) is 18.2 Å². The molecule has 0 aromatic carbocycles. The monoisotopic (exact) mass is 521 g/mol. The first-order valence-corrected chi connectivity index (χ1v) is 14.5. The molecule has 2 saturated carbocycles. The number of nitrogens with zero attached hydrogens (tertiary/aromatic N) is 3. The normalized spacial score (nSPS) is 19.3. The highest BCUT2D eigenvalue weighted by atomic mass is 32.2. The minimum atomic E-state index is -0.968. The molecule has 2 amide bonds. The molecule has 0 radical (unpaired) electrons. The second-order valence-electron chi connectivity index (χ2n) is 11.0. The van der Waals surface area contributed by atoms with Gasteiger partial charge in [-0.15, -0.1) is 10.2 Å². The zero-order valence-electron chi connectivity index (χ0n) is 22.3. The molecule has 2 fully saturated rings. The Balaban J connectivity index is 1.71. The van der Waals surface area contributed by atoms with E-state index >= 15 is 0 Å². The van der Waals surface area contributed by atoms with Crippen LogP contribution >= 0.6 is 11.8 Å². The van der Waals surface area contributed by atoms with E-state index in [1.54, 1.807) is 0 Å². The number of carbonyl (C=O) groups excluding carboxylic acids is 3. The van der Waals surface area contributed by atoms with Crippen LogP contribution in [0.2, 0.25) is 0 Å². The van der Waals surface area contributed by atoms with Crippen LogP contribution in [0.1, 0.15) is 95.2 Å². The Kier molecular flexibility index (Phi) is 10.8. The van der Waals surface area contributed by atoms with Gasteiger partial charge in [0.2, 0.25) is 17.6 Å². The fourth-order valence-corrected chi connectivity index (χ4v) is 5.97. The van der Waals surface area contributed by atoms with Gasteiger partial charge < -0.3 is 20.0 Å². The number of rotatable bonds is 12. The van der Waals surface area contributed by atoms with Crippen molar-refractivity contribution in [1.82, 2.24) is 25.7 Å². The van der Waals surface area contributed by atoms with Crippen LogP contribution in [0.3, 0.4) is 0 Å². The number of aromatic nitrogens is 2. The van der Waals surface area contributed by atoms with Crippen molar-refractivity contribution in [3.8, 4) is 0 Å². The maximum Gasteiger partial charge on any atom is 0.286 e. The summed E-state index contributed by atoms with van der Waals surface area (Å²) in [5.74, 6) is 0.139. The largest absolute Gasteiger partial charge is 0.408 e. The highest BCUT2D eigenvalue weighted by Gasteiger charge is 2.43. The molecule has 9 nitrogen and oxygen atoms in total. The highest BCUT2D eigenvalue weighted by Crippen LogP contribution is 2.31. The topological polar surface area (TPSA) is 117 Å². The molecule has 10 heteroatoms. The van der Waals surface area contributed by atoms with Crippen LogP contribution in [0.25, 0.3) is 0 Å². The summed E-state index contributed by atoms with van der Waals surface area (Å²) < 4.78 is 5.64. The number of hydrogen-bond acceptors (Lipinski definition) is 8. The first kappa shape index (κ1) is 28.6. The number of ketones is 1. The summed E-state index contributed by atoms with van der Waals surface area (Å²) in [5.41, 5.74) is -0.968. The summed E-state index contributed by atoms with van der Waals surface area (Å²) in [7, 11) is 3.97. The van der Waals surface area contributed by atoms with Crippen LogP contribution in [-0.4, -0.2) is 70.7 Å². The molecule has 0 saturated heterocycles. The van der Waals surface area contributed by atoms with Crippen LogP contribution in [-0.2, 0) is 9.59 Å². The van der Waals surface area contributed by atoms with Crippen LogP contribution in [0.5, 0.6) is 0 Å². The van der Waals surface area contributed by atoms with Crippen LogP contribution in [0.15, 0.2) is 9.64 Å². The summed E-state index contributed by atoms with van der Waals surface area (Å²) >= 11 is 1.40. The van der Waals surface area contributed by atoms with Gasteiger partial charge in [-0.2, -0.15) is 0 Å². The molecule has 1 heterocycles. The van der Waals surface area contributed by atoms with E-state index in [4.69, 9.17) is 4.42 Å². The first-order chi connectivity index (χ1) is 17.2. The summed E-state index contributed by atoms with van der Waals surface area (Å²) in [5, 5.41) is 14.5. The fraction of sp³-hybridized carbons (Fsp3) is 0.808. The SMILES string of the molecule is CC(C)CC(NC(=O)C1(NC(=O)C2CCCCC2)CCCCC1)C(=O)c1nnc(SCCN(C)C)o1. The summed E-state index contributed by atoms with van der Waals surface area (Å²) in [6.07, 6.45) is 9.45.